The first-order chi connectivity index (χ1) is 23.6. The predicted octanol–water partition coefficient (Wildman–Crippen LogP) is 5.63. The Hall–Kier alpha value is -2.87. The summed E-state index contributed by atoms with van der Waals surface area (Å²) in [6.45, 7) is 5.54. The minimum atomic E-state index is -0.187. The molecular weight excluding hydrogens is 744 g/mol. The molecule has 2 aliphatic rings. The van der Waals surface area contributed by atoms with Gasteiger partial charge in [0.05, 0.1) is 21.5 Å². The molecule has 2 aromatic carbocycles. The van der Waals surface area contributed by atoms with Crippen LogP contribution in [0.25, 0.3) is 0 Å². The van der Waals surface area contributed by atoms with Crippen molar-refractivity contribution >= 4 is 74.6 Å². The van der Waals surface area contributed by atoms with E-state index in [1.807, 2.05) is 24.6 Å². The van der Waals surface area contributed by atoms with Crippen molar-refractivity contribution in [2.75, 3.05) is 38.7 Å². The molecule has 2 aliphatic carbocycles. The second kappa shape index (κ2) is 26.0. The summed E-state index contributed by atoms with van der Waals surface area (Å²) in [5, 5.41) is 39.9. The van der Waals surface area contributed by atoms with Gasteiger partial charge in [0.25, 0.3) is 0 Å². The number of hydrogen-bond donors (Lipinski definition) is 2. The summed E-state index contributed by atoms with van der Waals surface area (Å²) in [6.07, 6.45) is 15.1. The fourth-order valence-corrected chi connectivity index (χ4v) is 6.30. The molecule has 2 aromatic rings. The molecule has 0 atom stereocenters. The van der Waals surface area contributed by atoms with Crippen molar-refractivity contribution in [3.05, 3.63) is 94.0 Å². The van der Waals surface area contributed by atoms with E-state index in [2.05, 4.69) is 20.6 Å². The fraction of sp³-hybridized carbons (Fsp3) is 0.378. The number of hydrogen-bond acceptors (Lipinski definition) is 12. The van der Waals surface area contributed by atoms with Crippen LogP contribution in [0.5, 0.6) is 11.5 Å². The number of benzene rings is 2. The molecule has 0 unspecified atom stereocenters. The molecule has 8 nitrogen and oxygen atoms in total. The first-order valence-electron chi connectivity index (χ1n) is 16.0. The van der Waals surface area contributed by atoms with E-state index in [0.29, 0.717) is 24.2 Å². The van der Waals surface area contributed by atoms with Crippen molar-refractivity contribution in [3.63, 3.8) is 0 Å². The first-order valence-corrected chi connectivity index (χ1v) is 19.3. The largest absolute Gasteiger partial charge is 0.876 e. The summed E-state index contributed by atoms with van der Waals surface area (Å²) in [6, 6.07) is 13.9. The molecule has 0 amide bonds. The van der Waals surface area contributed by atoms with Crippen molar-refractivity contribution in [2.45, 2.75) is 52.4 Å². The number of aliphatic imine (C=N–C) groups is 2. The van der Waals surface area contributed by atoms with E-state index in [1.165, 1.54) is 49.2 Å². The second-order valence-corrected chi connectivity index (χ2v) is 13.9. The summed E-state index contributed by atoms with van der Waals surface area (Å²) in [5.41, 5.74) is 6.42. The van der Waals surface area contributed by atoms with Crippen molar-refractivity contribution in [1.82, 2.24) is 10.6 Å². The van der Waals surface area contributed by atoms with E-state index in [0.717, 1.165) is 53.2 Å². The van der Waals surface area contributed by atoms with Crippen molar-refractivity contribution in [1.29, 1.82) is 0 Å². The molecule has 0 aromatic heterocycles. The van der Waals surface area contributed by atoms with Gasteiger partial charge in [-0.1, -0.05) is 79.9 Å². The van der Waals surface area contributed by atoms with E-state index < -0.39 is 0 Å². The number of carbonyl (C=O) groups excluding carboxylic acids is 1. The number of thiocarbonyl (C=S) groups is 2. The van der Waals surface area contributed by atoms with Gasteiger partial charge in [-0.2, -0.15) is 0 Å². The van der Waals surface area contributed by atoms with Crippen LogP contribution < -0.4 is 26.0 Å². The van der Waals surface area contributed by atoms with Crippen molar-refractivity contribution < 1.29 is 38.7 Å². The van der Waals surface area contributed by atoms with Crippen LogP contribution in [0.15, 0.2) is 92.9 Å². The fourth-order valence-electron chi connectivity index (χ4n) is 4.90. The van der Waals surface area contributed by atoms with Crippen molar-refractivity contribution in [2.24, 2.45) is 9.98 Å². The molecule has 4 rings (SSSR count). The van der Waals surface area contributed by atoms with E-state index in [-0.39, 0.29) is 41.6 Å². The minimum Gasteiger partial charge on any atom is -0.876 e. The third kappa shape index (κ3) is 17.4. The summed E-state index contributed by atoms with van der Waals surface area (Å²) >= 11 is 14.0. The van der Waals surface area contributed by atoms with Crippen LogP contribution in [0.2, 0.25) is 0 Å². The van der Waals surface area contributed by atoms with Gasteiger partial charge >= 0.3 is 0 Å². The Kier molecular flexibility index (Phi) is 23.5. The average molecular weight is 789 g/mol. The molecule has 269 valence electrons. The van der Waals surface area contributed by atoms with Crippen LogP contribution >= 0.6 is 48.0 Å². The Morgan fingerprint density at radius 3 is 1.48 bits per heavy atom. The minimum absolute atomic E-state index is 0. The summed E-state index contributed by atoms with van der Waals surface area (Å²) in [4.78, 5) is 18.6. The molecule has 0 saturated carbocycles. The van der Waals surface area contributed by atoms with Gasteiger partial charge in [-0.3, -0.25) is 14.8 Å². The molecule has 50 heavy (non-hydrogen) atoms. The maximum absolute atomic E-state index is 11.5. The number of nitrogens with one attached hydrogen (secondary N) is 2. The quantitative estimate of drug-likeness (QED) is 0.0865. The van der Waals surface area contributed by atoms with Crippen LogP contribution in [-0.4, -0.2) is 65.3 Å². The van der Waals surface area contributed by atoms with Crippen LogP contribution in [0.4, 0.5) is 0 Å². The van der Waals surface area contributed by atoms with Crippen molar-refractivity contribution in [3.8, 4) is 11.5 Å². The molecule has 1 radical (unpaired) electrons. The van der Waals surface area contributed by atoms with E-state index in [9.17, 15) is 20.1 Å². The maximum Gasteiger partial charge on any atom is 0.151 e. The Bertz CT molecular complexity index is 1470. The Morgan fingerprint density at radius 2 is 1.16 bits per heavy atom. The number of ketones is 1. The Balaban J connectivity index is 0.000000414. The standard InChI is InChI=1S/2C16H20N2OS2.C5H8O2.V/c2*1-21-16(20)13-6-4-7-14(13)18-10-9-17-11-12-5-2-3-8-15(12)19;1-4(6)3-5(2)7;/h2*2-3,5,8,11,18-19H,4,6-7,9-10H2,1H3;3,6H,1-2H3;/p-3/b;;4-3-;. The van der Waals surface area contributed by atoms with Gasteiger partial charge in [0.15, 0.2) is 5.78 Å². The van der Waals surface area contributed by atoms with Gasteiger partial charge in [0.1, 0.15) is 0 Å². The first kappa shape index (κ1) is 45.2. The zero-order valence-corrected chi connectivity index (χ0v) is 33.7. The topological polar surface area (TPSA) is 135 Å². The molecule has 13 heteroatoms. The number of carbonyl (C=O) groups is 1. The van der Waals surface area contributed by atoms with Gasteiger partial charge in [-0.15, -0.1) is 40.8 Å². The van der Waals surface area contributed by atoms with Gasteiger partial charge in [0, 0.05) is 55.5 Å². The molecule has 2 N–H and O–H groups in total. The molecule has 0 saturated heterocycles. The third-order valence-electron chi connectivity index (χ3n) is 7.16. The molecule has 0 spiro atoms. The van der Waals surface area contributed by atoms with E-state index in [4.69, 9.17) is 24.4 Å². The van der Waals surface area contributed by atoms with Gasteiger partial charge in [-0.05, 0) is 86.3 Å². The summed E-state index contributed by atoms with van der Waals surface area (Å²) < 4.78 is 2.00. The second-order valence-electron chi connectivity index (χ2n) is 11.0. The monoisotopic (exact) mass is 788 g/mol. The number of nitrogens with zero attached hydrogens (tertiary/aromatic N) is 2. The summed E-state index contributed by atoms with van der Waals surface area (Å²) in [7, 11) is 0. The van der Waals surface area contributed by atoms with Crippen LogP contribution in [-0.2, 0) is 23.4 Å². The van der Waals surface area contributed by atoms with Gasteiger partial charge < -0.3 is 26.0 Å². The Labute approximate surface area is 328 Å². The normalized spacial score (nSPS) is 14.1. The van der Waals surface area contributed by atoms with Gasteiger partial charge in [-0.25, -0.2) is 0 Å². The number of rotatable bonds is 13. The van der Waals surface area contributed by atoms with Gasteiger partial charge in [0.2, 0.25) is 0 Å². The number of allylic oxidation sites excluding steroid dienone is 4. The smallest absolute Gasteiger partial charge is 0.151 e. The molecular formula is C37H45N4O4S4V-3. The SMILES string of the molecule is CC(=O)/C=C(/C)[O-].CSC(=S)C1=C(NCCN=Cc2ccccc2[O-])CCC1.CSC(=S)C1=C(NCCN=Cc2ccccc2[O-])CCC1.[V]. The molecule has 0 aliphatic heterocycles. The molecule has 0 fully saturated rings. The molecule has 0 bridgehead atoms. The van der Waals surface area contributed by atoms with Crippen LogP contribution in [0.1, 0.15) is 63.5 Å². The van der Waals surface area contributed by atoms with E-state index >= 15 is 0 Å². The summed E-state index contributed by atoms with van der Waals surface area (Å²) in [5.74, 6) is -0.347. The number of thioether (sulfide) groups is 2. The average Bonchev–Trinajstić information content (AvgIpc) is 3.75. The third-order valence-corrected chi connectivity index (χ3v) is 9.89. The zero-order chi connectivity index (χ0) is 36.0. The number of para-hydroxylation sites is 2. The van der Waals surface area contributed by atoms with E-state index in [1.54, 1.807) is 72.4 Å². The maximum atomic E-state index is 11.5. The molecule has 0 heterocycles. The Morgan fingerprint density at radius 1 is 0.760 bits per heavy atom. The van der Waals surface area contributed by atoms with Crippen LogP contribution in [0.3, 0.4) is 0 Å². The van der Waals surface area contributed by atoms with Crippen LogP contribution in [0, 0.1) is 0 Å². The predicted molar refractivity (Wildman–Crippen MR) is 211 cm³/mol. The zero-order valence-electron chi connectivity index (χ0n) is 29.0.